The monoisotopic (exact) mass is 888 g/mol. The Morgan fingerprint density at radius 2 is 0.983 bits per heavy atom. The number of carbonyl (C=O) groups excluding carboxylic acids is 2. The molecule has 0 spiro atoms. The van der Waals surface area contributed by atoms with Gasteiger partial charge in [0.05, 0.1) is 25.9 Å². The van der Waals surface area contributed by atoms with Crippen molar-refractivity contribution >= 4 is 27.6 Å². The highest BCUT2D eigenvalue weighted by atomic mass is 31.2. The maximum atomic E-state index is 12.6. The summed E-state index contributed by atoms with van der Waals surface area (Å²) in [7, 11) is -9.72. The highest BCUT2D eigenvalue weighted by Crippen LogP contribution is 2.43. The summed E-state index contributed by atoms with van der Waals surface area (Å²) in [6, 6.07) is 0. The number of esters is 2. The predicted octanol–water partition coefficient (Wildman–Crippen LogP) is 9.75. The highest BCUT2D eigenvalue weighted by Gasteiger charge is 2.28. The molecule has 14 nitrogen and oxygen atoms in total. The van der Waals surface area contributed by atoms with Gasteiger partial charge in [0.2, 0.25) is 0 Å². The van der Waals surface area contributed by atoms with E-state index in [0.29, 0.717) is 25.7 Å². The van der Waals surface area contributed by atoms with Crippen molar-refractivity contribution in [3.63, 3.8) is 0 Å². The Kier molecular flexibility index (Phi) is 37.3. The van der Waals surface area contributed by atoms with Gasteiger partial charge in [-0.15, -0.1) is 0 Å². The molecule has 0 amide bonds. The minimum absolute atomic E-state index is 0.0589. The fourth-order valence-electron chi connectivity index (χ4n) is 5.07. The van der Waals surface area contributed by atoms with Gasteiger partial charge >= 0.3 is 27.6 Å². The summed E-state index contributed by atoms with van der Waals surface area (Å²) in [5, 5.41) is 19.5. The van der Waals surface area contributed by atoms with Crippen molar-refractivity contribution in [2.24, 2.45) is 0 Å². The lowest BCUT2D eigenvalue weighted by Gasteiger charge is -2.20. The lowest BCUT2D eigenvalue weighted by atomic mass is 10.1. The molecule has 0 saturated heterocycles. The average Bonchev–Trinajstić information content (AvgIpc) is 3.20. The van der Waals surface area contributed by atoms with Gasteiger partial charge < -0.3 is 34.4 Å². The molecule has 0 aliphatic rings. The molecule has 0 aliphatic carbocycles. The standard InChI is InChI=1S/C44H74O14P2/c1-3-5-6-7-8-9-10-11-12-15-19-22-25-28-31-35-44(48)58-42(39-57-60(52,53)56-37-41(46)36-55-59(49,50)51)38-54-43(47)34-30-27-24-21-18-16-13-14-17-20-23-26-29-33-40(45)32-4-2/h8-9,11-13,16-17,19-22,24,26,29,40-42,45-46H,3-7,10,14-15,18,23,25,27-28,30-39H2,1-2H3,(H,52,53)(H2,49,50,51)/b9-8-,12-11-,16-13-,20-17-,22-19-,24-21-,29-26-/t40?,41-,42+/m0/s1. The molecule has 0 rings (SSSR count). The normalized spacial score (nSPS) is 15.4. The Morgan fingerprint density at radius 1 is 0.517 bits per heavy atom. The molecule has 5 N–H and O–H groups in total. The quantitative estimate of drug-likeness (QED) is 0.0168. The fourth-order valence-corrected chi connectivity index (χ4v) is 6.22. The van der Waals surface area contributed by atoms with Crippen LogP contribution >= 0.6 is 15.6 Å². The minimum Gasteiger partial charge on any atom is -0.462 e. The van der Waals surface area contributed by atoms with Gasteiger partial charge in [0.1, 0.15) is 12.7 Å². The van der Waals surface area contributed by atoms with Crippen LogP contribution in [0.1, 0.15) is 136 Å². The van der Waals surface area contributed by atoms with Gasteiger partial charge in [0.15, 0.2) is 6.10 Å². The van der Waals surface area contributed by atoms with Crippen molar-refractivity contribution in [3.8, 4) is 0 Å². The molecule has 0 aliphatic heterocycles. The van der Waals surface area contributed by atoms with E-state index in [9.17, 15) is 33.8 Å². The van der Waals surface area contributed by atoms with E-state index in [2.05, 4.69) is 89.7 Å². The third kappa shape index (κ3) is 42.0. The fraction of sp³-hybridized carbons (Fsp3) is 0.636. The van der Waals surface area contributed by atoms with Gasteiger partial charge in [0, 0.05) is 12.8 Å². The minimum atomic E-state index is -4.88. The van der Waals surface area contributed by atoms with Crippen molar-refractivity contribution in [3.05, 3.63) is 85.1 Å². The van der Waals surface area contributed by atoms with Crippen LogP contribution in [0.3, 0.4) is 0 Å². The summed E-state index contributed by atoms with van der Waals surface area (Å²) in [6.07, 6.45) is 40.8. The van der Waals surface area contributed by atoms with E-state index in [0.717, 1.165) is 64.2 Å². The Hall–Kier alpha value is -2.74. The van der Waals surface area contributed by atoms with E-state index in [1.54, 1.807) is 0 Å². The first kappa shape index (κ1) is 57.3. The van der Waals surface area contributed by atoms with Crippen molar-refractivity contribution in [1.82, 2.24) is 0 Å². The van der Waals surface area contributed by atoms with Crippen LogP contribution in [-0.4, -0.2) is 81.6 Å². The number of allylic oxidation sites excluding steroid dienone is 13. The molecule has 0 aromatic rings. The zero-order chi connectivity index (χ0) is 44.6. The first-order chi connectivity index (χ1) is 28.8. The lowest BCUT2D eigenvalue weighted by molar-refractivity contribution is -0.161. The first-order valence-corrected chi connectivity index (χ1v) is 24.4. The summed E-state index contributed by atoms with van der Waals surface area (Å²) >= 11 is 0. The van der Waals surface area contributed by atoms with E-state index in [1.807, 2.05) is 18.2 Å². The Bertz CT molecular complexity index is 1400. The van der Waals surface area contributed by atoms with Crippen LogP contribution in [0.4, 0.5) is 0 Å². The zero-order valence-corrected chi connectivity index (χ0v) is 37.7. The number of hydrogen-bond donors (Lipinski definition) is 5. The van der Waals surface area contributed by atoms with Gasteiger partial charge in [-0.2, -0.15) is 0 Å². The van der Waals surface area contributed by atoms with E-state index >= 15 is 0 Å². The second-order valence-electron chi connectivity index (χ2n) is 14.1. The summed E-state index contributed by atoms with van der Waals surface area (Å²) in [5.74, 6) is -1.17. The van der Waals surface area contributed by atoms with Crippen LogP contribution in [0.15, 0.2) is 85.1 Å². The van der Waals surface area contributed by atoms with Crippen LogP contribution < -0.4 is 0 Å². The number of carbonyl (C=O) groups is 2. The van der Waals surface area contributed by atoms with E-state index in [4.69, 9.17) is 23.8 Å². The molecule has 16 heteroatoms. The van der Waals surface area contributed by atoms with Crippen molar-refractivity contribution in [2.45, 2.75) is 154 Å². The molecular weight excluding hydrogens is 814 g/mol. The summed E-state index contributed by atoms with van der Waals surface area (Å²) in [5.41, 5.74) is 0. The topological polar surface area (TPSA) is 216 Å². The van der Waals surface area contributed by atoms with Gasteiger partial charge in [0.25, 0.3) is 0 Å². The van der Waals surface area contributed by atoms with Crippen LogP contribution in [0, 0.1) is 0 Å². The molecule has 0 saturated carbocycles. The van der Waals surface area contributed by atoms with E-state index in [1.165, 1.54) is 19.3 Å². The van der Waals surface area contributed by atoms with Crippen molar-refractivity contribution < 1.29 is 66.7 Å². The molecule has 0 heterocycles. The number of unbranched alkanes of at least 4 members (excludes halogenated alkanes) is 6. The van der Waals surface area contributed by atoms with Gasteiger partial charge in [-0.1, -0.05) is 118 Å². The molecule has 0 aromatic carbocycles. The maximum absolute atomic E-state index is 12.6. The van der Waals surface area contributed by atoms with Crippen LogP contribution in [0.5, 0.6) is 0 Å². The van der Waals surface area contributed by atoms with Gasteiger partial charge in [-0.3, -0.25) is 23.2 Å². The molecule has 4 atom stereocenters. The number of phosphoric acid groups is 2. The molecule has 0 radical (unpaired) electrons. The molecule has 344 valence electrons. The molecule has 2 unspecified atom stereocenters. The average molecular weight is 889 g/mol. The molecule has 0 aromatic heterocycles. The molecular formula is C44H74O14P2. The Labute approximate surface area is 359 Å². The number of rotatable bonds is 39. The maximum Gasteiger partial charge on any atom is 0.472 e. The van der Waals surface area contributed by atoms with E-state index < -0.39 is 66.2 Å². The number of aliphatic hydroxyl groups is 2. The van der Waals surface area contributed by atoms with Gasteiger partial charge in [-0.25, -0.2) is 9.13 Å². The van der Waals surface area contributed by atoms with Crippen LogP contribution in [-0.2, 0) is 41.8 Å². The van der Waals surface area contributed by atoms with Crippen LogP contribution in [0.2, 0.25) is 0 Å². The number of phosphoric ester groups is 2. The summed E-state index contributed by atoms with van der Waals surface area (Å²) < 4.78 is 47.6. The largest absolute Gasteiger partial charge is 0.472 e. The van der Waals surface area contributed by atoms with Crippen molar-refractivity contribution in [1.29, 1.82) is 0 Å². The smallest absolute Gasteiger partial charge is 0.462 e. The first-order valence-electron chi connectivity index (χ1n) is 21.4. The summed E-state index contributed by atoms with van der Waals surface area (Å²) in [6.45, 7) is 1.39. The van der Waals surface area contributed by atoms with E-state index in [-0.39, 0.29) is 18.9 Å². The van der Waals surface area contributed by atoms with Crippen molar-refractivity contribution in [2.75, 3.05) is 26.4 Å². The molecule has 0 bridgehead atoms. The lowest BCUT2D eigenvalue weighted by Crippen LogP contribution is -2.29. The second kappa shape index (κ2) is 39.1. The number of aliphatic hydroxyl groups excluding tert-OH is 2. The Balaban J connectivity index is 4.72. The second-order valence-corrected chi connectivity index (χ2v) is 16.8. The molecule has 60 heavy (non-hydrogen) atoms. The Morgan fingerprint density at radius 3 is 1.52 bits per heavy atom. The zero-order valence-electron chi connectivity index (χ0n) is 35.9. The number of hydrogen-bond acceptors (Lipinski definition) is 11. The third-order valence-electron chi connectivity index (χ3n) is 8.30. The SMILES string of the molecule is CCCCC/C=C\C/C=C\C/C=C\CCCCC(=O)O[C@H](COC(=O)CCC/C=C\C/C=C\C/C=C\C/C=C\CC(O)CCC)COP(=O)(O)OC[C@@H](O)COP(=O)(O)O. The summed E-state index contributed by atoms with van der Waals surface area (Å²) in [4.78, 5) is 52.6. The van der Waals surface area contributed by atoms with Gasteiger partial charge in [-0.05, 0) is 89.9 Å². The predicted molar refractivity (Wildman–Crippen MR) is 236 cm³/mol. The third-order valence-corrected chi connectivity index (χ3v) is 9.74. The van der Waals surface area contributed by atoms with Crippen LogP contribution in [0.25, 0.3) is 0 Å². The number of ether oxygens (including phenoxy) is 2. The highest BCUT2D eigenvalue weighted by molar-refractivity contribution is 7.47. The molecule has 0 fully saturated rings.